The predicted octanol–water partition coefficient (Wildman–Crippen LogP) is 2.50. The number of hydrogen-bond acceptors (Lipinski definition) is 5. The standard InChI is InChI=1S/C21H21N3O4/c1-14-8-9-16(12-17(14)25)21(27)28-13-18(26)23-19(15-6-4-3-5-7-15)20-22-10-11-24(20)2/h3-12,19,25H,13H2,1-2H3,(H,23,26). The number of imidazole rings is 1. The number of nitrogens with zero attached hydrogens (tertiary/aromatic N) is 2. The largest absolute Gasteiger partial charge is 0.508 e. The zero-order chi connectivity index (χ0) is 20.1. The summed E-state index contributed by atoms with van der Waals surface area (Å²) >= 11 is 0. The number of ether oxygens (including phenoxy) is 1. The number of hydrogen-bond donors (Lipinski definition) is 2. The van der Waals surface area contributed by atoms with Gasteiger partial charge in [-0.25, -0.2) is 9.78 Å². The Balaban J connectivity index is 1.68. The van der Waals surface area contributed by atoms with Crippen molar-refractivity contribution >= 4 is 11.9 Å². The molecule has 1 amide bonds. The van der Waals surface area contributed by atoms with Crippen molar-refractivity contribution in [1.29, 1.82) is 0 Å². The van der Waals surface area contributed by atoms with Crippen LogP contribution in [-0.4, -0.2) is 33.1 Å². The van der Waals surface area contributed by atoms with Crippen LogP contribution in [0.25, 0.3) is 0 Å². The molecule has 144 valence electrons. The minimum absolute atomic E-state index is 0.00201. The SMILES string of the molecule is Cc1ccc(C(=O)OCC(=O)NC(c2ccccc2)c2nccn2C)cc1O. The molecule has 7 nitrogen and oxygen atoms in total. The number of aromatic nitrogens is 2. The number of benzene rings is 2. The Morgan fingerprint density at radius 2 is 1.96 bits per heavy atom. The molecule has 3 rings (SSSR count). The first-order valence-electron chi connectivity index (χ1n) is 8.74. The van der Waals surface area contributed by atoms with E-state index in [-0.39, 0.29) is 11.3 Å². The van der Waals surface area contributed by atoms with Crippen LogP contribution in [-0.2, 0) is 16.6 Å². The van der Waals surface area contributed by atoms with Crippen molar-refractivity contribution in [3.05, 3.63) is 83.4 Å². The van der Waals surface area contributed by atoms with E-state index in [0.29, 0.717) is 11.4 Å². The Morgan fingerprint density at radius 3 is 2.61 bits per heavy atom. The fourth-order valence-electron chi connectivity index (χ4n) is 2.75. The number of aromatic hydroxyl groups is 1. The smallest absolute Gasteiger partial charge is 0.338 e. The van der Waals surface area contributed by atoms with Crippen LogP contribution in [0.4, 0.5) is 0 Å². The molecule has 0 bridgehead atoms. The summed E-state index contributed by atoms with van der Waals surface area (Å²) in [6.07, 6.45) is 3.45. The highest BCUT2D eigenvalue weighted by Gasteiger charge is 2.21. The lowest BCUT2D eigenvalue weighted by atomic mass is 10.1. The van der Waals surface area contributed by atoms with E-state index >= 15 is 0 Å². The van der Waals surface area contributed by atoms with Gasteiger partial charge in [0.05, 0.1) is 5.56 Å². The van der Waals surface area contributed by atoms with Crippen molar-refractivity contribution in [3.63, 3.8) is 0 Å². The van der Waals surface area contributed by atoms with E-state index in [0.717, 1.165) is 5.56 Å². The number of phenols is 1. The Morgan fingerprint density at radius 1 is 1.21 bits per heavy atom. The summed E-state index contributed by atoms with van der Waals surface area (Å²) in [6, 6.07) is 13.4. The number of esters is 1. The molecular formula is C21H21N3O4. The van der Waals surface area contributed by atoms with E-state index in [4.69, 9.17) is 4.74 Å². The molecule has 0 aliphatic heterocycles. The molecule has 1 heterocycles. The maximum absolute atomic E-state index is 12.4. The van der Waals surface area contributed by atoms with E-state index < -0.39 is 24.5 Å². The Kier molecular flexibility index (Phi) is 5.74. The van der Waals surface area contributed by atoms with Gasteiger partial charge in [-0.2, -0.15) is 0 Å². The second-order valence-electron chi connectivity index (χ2n) is 6.38. The summed E-state index contributed by atoms with van der Waals surface area (Å²) in [7, 11) is 1.84. The normalized spacial score (nSPS) is 11.6. The molecule has 0 saturated carbocycles. The maximum atomic E-state index is 12.4. The van der Waals surface area contributed by atoms with E-state index in [2.05, 4.69) is 10.3 Å². The predicted molar refractivity (Wildman–Crippen MR) is 103 cm³/mol. The highest BCUT2D eigenvalue weighted by Crippen LogP contribution is 2.20. The Labute approximate surface area is 162 Å². The van der Waals surface area contributed by atoms with Gasteiger partial charge in [0.2, 0.25) is 0 Å². The number of phenolic OH excluding ortho intramolecular Hbond substituents is 1. The lowest BCUT2D eigenvalue weighted by molar-refractivity contribution is -0.124. The van der Waals surface area contributed by atoms with Crippen LogP contribution >= 0.6 is 0 Å². The molecule has 0 saturated heterocycles. The van der Waals surface area contributed by atoms with Crippen molar-refractivity contribution in [2.45, 2.75) is 13.0 Å². The summed E-state index contributed by atoms with van der Waals surface area (Å²) < 4.78 is 6.90. The number of aryl methyl sites for hydroxylation is 2. The molecule has 0 fully saturated rings. The van der Waals surface area contributed by atoms with E-state index in [9.17, 15) is 14.7 Å². The van der Waals surface area contributed by atoms with E-state index in [1.54, 1.807) is 25.4 Å². The average molecular weight is 379 g/mol. The Bertz CT molecular complexity index is 982. The first-order valence-corrected chi connectivity index (χ1v) is 8.74. The summed E-state index contributed by atoms with van der Waals surface area (Å²) in [5.74, 6) is -0.479. The van der Waals surface area contributed by atoms with Crippen molar-refractivity contribution in [2.75, 3.05) is 6.61 Å². The molecule has 2 N–H and O–H groups in total. The van der Waals surface area contributed by atoms with Gasteiger partial charge >= 0.3 is 5.97 Å². The van der Waals surface area contributed by atoms with Gasteiger partial charge in [-0.3, -0.25) is 4.79 Å². The van der Waals surface area contributed by atoms with Crippen LogP contribution in [0.2, 0.25) is 0 Å². The summed E-state index contributed by atoms with van der Waals surface area (Å²) in [5, 5.41) is 12.6. The molecule has 3 aromatic rings. The minimum Gasteiger partial charge on any atom is -0.508 e. The van der Waals surface area contributed by atoms with E-state index in [1.807, 2.05) is 41.9 Å². The van der Waals surface area contributed by atoms with Gasteiger partial charge in [-0.05, 0) is 30.2 Å². The molecule has 2 aromatic carbocycles. The van der Waals surface area contributed by atoms with Crippen LogP contribution in [0.1, 0.15) is 33.4 Å². The van der Waals surface area contributed by atoms with Crippen LogP contribution < -0.4 is 5.32 Å². The lowest BCUT2D eigenvalue weighted by Crippen LogP contribution is -2.34. The molecule has 1 aromatic heterocycles. The zero-order valence-electron chi connectivity index (χ0n) is 15.6. The quantitative estimate of drug-likeness (QED) is 0.642. The number of carbonyl (C=O) groups excluding carboxylic acids is 2. The molecule has 1 atom stereocenters. The van der Waals surface area contributed by atoms with Crippen molar-refractivity contribution in [1.82, 2.24) is 14.9 Å². The van der Waals surface area contributed by atoms with Gasteiger partial charge in [-0.1, -0.05) is 36.4 Å². The average Bonchev–Trinajstić information content (AvgIpc) is 3.12. The monoisotopic (exact) mass is 379 g/mol. The van der Waals surface area contributed by atoms with Crippen LogP contribution in [0, 0.1) is 6.92 Å². The second kappa shape index (κ2) is 8.39. The molecule has 0 aliphatic carbocycles. The zero-order valence-corrected chi connectivity index (χ0v) is 15.6. The topological polar surface area (TPSA) is 93.5 Å². The first-order chi connectivity index (χ1) is 13.5. The highest BCUT2D eigenvalue weighted by atomic mass is 16.5. The lowest BCUT2D eigenvalue weighted by Gasteiger charge is -2.19. The third kappa shape index (κ3) is 4.37. The third-order valence-electron chi connectivity index (χ3n) is 4.33. The van der Waals surface area contributed by atoms with Crippen molar-refractivity contribution in [2.24, 2.45) is 7.05 Å². The molecule has 1 unspecified atom stereocenters. The van der Waals surface area contributed by atoms with Gasteiger partial charge in [-0.15, -0.1) is 0 Å². The maximum Gasteiger partial charge on any atom is 0.338 e. The molecule has 0 spiro atoms. The van der Waals surface area contributed by atoms with Crippen molar-refractivity contribution < 1.29 is 19.4 Å². The fraction of sp³-hybridized carbons (Fsp3) is 0.190. The van der Waals surface area contributed by atoms with Gasteiger partial charge in [0.1, 0.15) is 17.6 Å². The number of amides is 1. The van der Waals surface area contributed by atoms with E-state index in [1.165, 1.54) is 12.1 Å². The van der Waals surface area contributed by atoms with Gasteiger partial charge in [0.25, 0.3) is 5.91 Å². The van der Waals surface area contributed by atoms with Crippen LogP contribution in [0.15, 0.2) is 60.9 Å². The molecule has 7 heteroatoms. The molecule has 28 heavy (non-hydrogen) atoms. The minimum atomic E-state index is -0.682. The van der Waals surface area contributed by atoms with Crippen LogP contribution in [0.5, 0.6) is 5.75 Å². The summed E-state index contributed by atoms with van der Waals surface area (Å²) in [6.45, 7) is 1.28. The fourth-order valence-corrected chi connectivity index (χ4v) is 2.75. The van der Waals surface area contributed by atoms with Gasteiger partial charge in [0.15, 0.2) is 6.61 Å². The van der Waals surface area contributed by atoms with Gasteiger partial charge < -0.3 is 19.7 Å². The number of nitrogens with one attached hydrogen (secondary N) is 1. The second-order valence-corrected chi connectivity index (χ2v) is 6.38. The highest BCUT2D eigenvalue weighted by molar-refractivity contribution is 5.91. The van der Waals surface area contributed by atoms with Crippen LogP contribution in [0.3, 0.4) is 0 Å². The van der Waals surface area contributed by atoms with Crippen molar-refractivity contribution in [3.8, 4) is 5.75 Å². The molecule has 0 radical (unpaired) electrons. The number of rotatable bonds is 6. The number of carbonyl (C=O) groups is 2. The summed E-state index contributed by atoms with van der Waals surface area (Å²) in [5.41, 5.74) is 1.69. The first kappa shape index (κ1) is 19.2. The Hall–Kier alpha value is -3.61. The third-order valence-corrected chi connectivity index (χ3v) is 4.33. The molecule has 0 aliphatic rings. The van der Waals surface area contributed by atoms with Gasteiger partial charge in [0, 0.05) is 19.4 Å². The molecular weight excluding hydrogens is 358 g/mol. The summed E-state index contributed by atoms with van der Waals surface area (Å²) in [4.78, 5) is 28.9.